The zero-order valence-electron chi connectivity index (χ0n) is 26.0. The first-order valence-electron chi connectivity index (χ1n) is 15.0. The van der Waals surface area contributed by atoms with E-state index in [-0.39, 0.29) is 0 Å². The Balaban J connectivity index is 0.000000186. The number of nitrogens with two attached hydrogens (primary N) is 1. The van der Waals surface area contributed by atoms with Crippen LogP contribution in [0.1, 0.15) is 39.7 Å². The Morgan fingerprint density at radius 1 is 0.723 bits per heavy atom. The maximum atomic E-state index is 9.65. The van der Waals surface area contributed by atoms with Crippen molar-refractivity contribution < 1.29 is 0 Å². The van der Waals surface area contributed by atoms with Crippen molar-refractivity contribution in [2.75, 3.05) is 50.9 Å². The lowest BCUT2D eigenvalue weighted by Gasteiger charge is -2.11. The van der Waals surface area contributed by atoms with Crippen LogP contribution in [0.5, 0.6) is 0 Å². The highest BCUT2D eigenvalue weighted by Crippen LogP contribution is 2.32. The third-order valence-electron chi connectivity index (χ3n) is 6.81. The van der Waals surface area contributed by atoms with Gasteiger partial charge in [-0.3, -0.25) is 0 Å². The van der Waals surface area contributed by atoms with E-state index in [2.05, 4.69) is 57.6 Å². The van der Waals surface area contributed by atoms with Crippen LogP contribution < -0.4 is 16.4 Å². The van der Waals surface area contributed by atoms with E-state index in [9.17, 15) is 10.5 Å². The molecule has 6 aromatic rings. The van der Waals surface area contributed by atoms with Crippen molar-refractivity contribution in [2.45, 2.75) is 18.3 Å². The number of thiazole rings is 2. The number of nitrogens with zero attached hydrogens (tertiary/aromatic N) is 9. The number of hydrogen-bond acceptors (Lipinski definition) is 14. The highest BCUT2D eigenvalue weighted by molar-refractivity contribution is 7.19. The van der Waals surface area contributed by atoms with Crippen LogP contribution >= 0.6 is 22.7 Å². The number of nitriles is 2. The van der Waals surface area contributed by atoms with Crippen molar-refractivity contribution >= 4 is 55.0 Å². The average Bonchev–Trinajstić information content (AvgIpc) is 3.72. The Morgan fingerprint density at radius 3 is 1.66 bits per heavy atom. The van der Waals surface area contributed by atoms with Crippen molar-refractivity contribution in [3.05, 3.63) is 94.5 Å². The number of benzene rings is 2. The Labute approximate surface area is 281 Å². The van der Waals surface area contributed by atoms with Crippen LogP contribution in [0.2, 0.25) is 0 Å². The fraction of sp³-hybridized carbons (Fsp3) is 0.273. The molecule has 6 rings (SSSR count). The van der Waals surface area contributed by atoms with E-state index in [0.29, 0.717) is 36.4 Å². The van der Waals surface area contributed by atoms with E-state index in [4.69, 9.17) is 5.73 Å². The average molecular weight is 663 g/mol. The summed E-state index contributed by atoms with van der Waals surface area (Å²) in [7, 11) is 4.10. The first-order chi connectivity index (χ1) is 23.0. The van der Waals surface area contributed by atoms with Gasteiger partial charge >= 0.3 is 0 Å². The van der Waals surface area contributed by atoms with Gasteiger partial charge in [0.1, 0.15) is 21.9 Å². The number of para-hydroxylation sites is 2. The summed E-state index contributed by atoms with van der Waals surface area (Å²) in [5, 5.41) is 26.9. The first kappa shape index (κ1) is 33.2. The number of aromatic nitrogens is 6. The van der Waals surface area contributed by atoms with Crippen LogP contribution in [-0.2, 0) is 0 Å². The number of nitrogens with one attached hydrogen (secondary N) is 2. The molecule has 0 aliphatic heterocycles. The van der Waals surface area contributed by atoms with Gasteiger partial charge in [0.05, 0.1) is 44.0 Å². The minimum Gasteiger partial charge on any atom is -0.354 e. The molecule has 0 saturated carbocycles. The van der Waals surface area contributed by atoms with Gasteiger partial charge in [-0.2, -0.15) is 10.5 Å². The molecule has 47 heavy (non-hydrogen) atoms. The van der Waals surface area contributed by atoms with Crippen LogP contribution in [-0.4, -0.2) is 75.1 Å². The van der Waals surface area contributed by atoms with E-state index in [1.54, 1.807) is 24.5 Å². The molecule has 2 unspecified atom stereocenters. The Morgan fingerprint density at radius 2 is 1.21 bits per heavy atom. The summed E-state index contributed by atoms with van der Waals surface area (Å²) in [6.45, 7) is 2.87. The third kappa shape index (κ3) is 8.78. The Kier molecular flexibility index (Phi) is 11.6. The molecule has 2 aromatic carbocycles. The lowest BCUT2D eigenvalue weighted by atomic mass is 10.1. The molecule has 2 atom stereocenters. The molecule has 4 N–H and O–H groups in total. The second kappa shape index (κ2) is 16.4. The Bertz CT molecular complexity index is 1930. The van der Waals surface area contributed by atoms with Gasteiger partial charge in [-0.1, -0.05) is 24.3 Å². The fourth-order valence-electron chi connectivity index (χ4n) is 4.54. The molecule has 0 aliphatic rings. The molecule has 4 aromatic heterocycles. The summed E-state index contributed by atoms with van der Waals surface area (Å²) in [6, 6.07) is 23.9. The summed E-state index contributed by atoms with van der Waals surface area (Å²) in [5.74, 6) is 0.0449. The number of hydrogen-bond donors (Lipinski definition) is 3. The van der Waals surface area contributed by atoms with Gasteiger partial charge in [-0.05, 0) is 63.5 Å². The monoisotopic (exact) mass is 662 g/mol. The SMILES string of the molecule is CN(C)CCCNc1nccc(C(C#N)c2nc3ccccc3s2)n1.N#CC(c1ccnc(NCCN)n1)c1nc2ccccc2s1. The molecule has 0 fully saturated rings. The highest BCUT2D eigenvalue weighted by atomic mass is 32.1. The summed E-state index contributed by atoms with van der Waals surface area (Å²) < 4.78 is 2.14. The minimum atomic E-state index is -0.501. The van der Waals surface area contributed by atoms with E-state index < -0.39 is 11.8 Å². The number of rotatable bonds is 12. The molecular weight excluding hydrogens is 629 g/mol. The standard InChI is InChI=1S/C18H20N6S.C15H14N6S/c1-24(2)11-5-9-20-18-21-10-8-14(23-18)13(12-19)17-22-15-6-3-4-7-16(15)25-17;16-6-8-19-15-18-7-5-11(21-15)10(9-17)14-20-12-3-1-2-4-13(12)22-14/h3-4,6-8,10,13H,5,9,11H2,1-2H3,(H,20,21,23);1-5,7,10H,6,8,16H2,(H,18,19,21). The second-order valence-electron chi connectivity index (χ2n) is 10.6. The maximum absolute atomic E-state index is 9.65. The summed E-state index contributed by atoms with van der Waals surface area (Å²) in [6.07, 6.45) is 4.33. The number of fused-ring (bicyclic) bond motifs is 2. The van der Waals surface area contributed by atoms with E-state index >= 15 is 0 Å². The van der Waals surface area contributed by atoms with Crippen molar-refractivity contribution in [1.29, 1.82) is 10.5 Å². The molecule has 0 amide bonds. The van der Waals surface area contributed by atoms with Gasteiger partial charge in [-0.15, -0.1) is 22.7 Å². The fourth-order valence-corrected chi connectivity index (χ4v) is 6.59. The lowest BCUT2D eigenvalue weighted by Crippen LogP contribution is -2.17. The van der Waals surface area contributed by atoms with Crippen LogP contribution in [0.15, 0.2) is 73.1 Å². The largest absolute Gasteiger partial charge is 0.354 e. The molecule has 12 nitrogen and oxygen atoms in total. The zero-order chi connectivity index (χ0) is 33.0. The predicted molar refractivity (Wildman–Crippen MR) is 187 cm³/mol. The molecule has 0 bridgehead atoms. The lowest BCUT2D eigenvalue weighted by molar-refractivity contribution is 0.405. The first-order valence-corrected chi connectivity index (χ1v) is 16.6. The summed E-state index contributed by atoms with van der Waals surface area (Å²) in [4.78, 5) is 28.6. The van der Waals surface area contributed by atoms with E-state index in [1.165, 1.54) is 22.7 Å². The van der Waals surface area contributed by atoms with Crippen molar-refractivity contribution in [3.63, 3.8) is 0 Å². The molecule has 0 spiro atoms. The Hall–Kier alpha value is -5.12. The van der Waals surface area contributed by atoms with Crippen LogP contribution in [0.3, 0.4) is 0 Å². The number of anilines is 2. The molecule has 0 saturated heterocycles. The predicted octanol–water partition coefficient (Wildman–Crippen LogP) is 5.22. The van der Waals surface area contributed by atoms with Crippen LogP contribution in [0.4, 0.5) is 11.9 Å². The molecule has 0 radical (unpaired) electrons. The third-order valence-corrected chi connectivity index (χ3v) is 9.01. The topological polar surface area (TPSA) is 178 Å². The van der Waals surface area contributed by atoms with Gasteiger partial charge in [0, 0.05) is 32.0 Å². The molecular formula is C33H34N12S2. The molecule has 0 aliphatic carbocycles. The van der Waals surface area contributed by atoms with E-state index in [1.807, 2.05) is 62.6 Å². The normalized spacial score (nSPS) is 12.1. The summed E-state index contributed by atoms with van der Waals surface area (Å²) >= 11 is 3.05. The van der Waals surface area contributed by atoms with Crippen molar-refractivity contribution in [3.8, 4) is 12.1 Å². The molecule has 14 heteroatoms. The zero-order valence-corrected chi connectivity index (χ0v) is 27.7. The van der Waals surface area contributed by atoms with Gasteiger partial charge in [0.15, 0.2) is 0 Å². The maximum Gasteiger partial charge on any atom is 0.222 e. The van der Waals surface area contributed by atoms with Gasteiger partial charge < -0.3 is 21.3 Å². The van der Waals surface area contributed by atoms with Crippen molar-refractivity contribution in [1.82, 2.24) is 34.8 Å². The highest BCUT2D eigenvalue weighted by Gasteiger charge is 2.21. The molecule has 4 heterocycles. The van der Waals surface area contributed by atoms with Gasteiger partial charge in [0.2, 0.25) is 11.9 Å². The van der Waals surface area contributed by atoms with Crippen LogP contribution in [0.25, 0.3) is 20.4 Å². The van der Waals surface area contributed by atoms with Crippen molar-refractivity contribution in [2.24, 2.45) is 5.73 Å². The van der Waals surface area contributed by atoms with Crippen LogP contribution in [0, 0.1) is 22.7 Å². The smallest absolute Gasteiger partial charge is 0.222 e. The molecule has 238 valence electrons. The van der Waals surface area contributed by atoms with E-state index in [0.717, 1.165) is 50.0 Å². The van der Waals surface area contributed by atoms with Gasteiger partial charge in [0.25, 0.3) is 0 Å². The van der Waals surface area contributed by atoms with Gasteiger partial charge in [-0.25, -0.2) is 29.9 Å². The quantitative estimate of drug-likeness (QED) is 0.146. The second-order valence-corrected chi connectivity index (χ2v) is 12.7. The minimum absolute atomic E-state index is 0.476. The summed E-state index contributed by atoms with van der Waals surface area (Å²) in [5.41, 5.74) is 8.58.